The van der Waals surface area contributed by atoms with Crippen LogP contribution in [0, 0.1) is 0 Å². The van der Waals surface area contributed by atoms with Gasteiger partial charge in [-0.3, -0.25) is 14.4 Å². The number of benzene rings is 3. The van der Waals surface area contributed by atoms with Crippen LogP contribution in [0.25, 0.3) is 0 Å². The number of carbonyl (C=O) groups excluding carboxylic acids is 4. The zero-order valence-corrected chi connectivity index (χ0v) is 25.3. The molecular weight excluding hydrogens is 582 g/mol. The predicted octanol–water partition coefficient (Wildman–Crippen LogP) is 4.14. The Labute approximate surface area is 262 Å². The van der Waals surface area contributed by atoms with E-state index in [1.807, 2.05) is 66.7 Å². The highest BCUT2D eigenvalue weighted by Crippen LogP contribution is 2.24. The Hall–Kier alpha value is -4.63. The van der Waals surface area contributed by atoms with Crippen LogP contribution in [0.2, 0.25) is 5.02 Å². The molecule has 1 heterocycles. The van der Waals surface area contributed by atoms with Gasteiger partial charge in [0.25, 0.3) is 5.91 Å². The lowest BCUT2D eigenvalue weighted by Gasteiger charge is -2.24. The maximum atomic E-state index is 13.6. The number of carbonyl (C=O) groups is 4. The molecule has 10 heteroatoms. The number of nitrogens with one attached hydrogen (secondary N) is 2. The first-order chi connectivity index (χ1) is 21.3. The van der Waals surface area contributed by atoms with E-state index in [1.165, 1.54) is 19.2 Å². The van der Waals surface area contributed by atoms with Gasteiger partial charge in [0.1, 0.15) is 24.4 Å². The number of hydrogen-bond donors (Lipinski definition) is 2. The molecule has 3 amide bonds. The highest BCUT2D eigenvalue weighted by molar-refractivity contribution is 6.30. The zero-order chi connectivity index (χ0) is 31.3. The van der Waals surface area contributed by atoms with E-state index in [-0.39, 0.29) is 43.1 Å². The molecule has 3 aromatic carbocycles. The van der Waals surface area contributed by atoms with E-state index in [4.69, 9.17) is 21.1 Å². The molecule has 0 bridgehead atoms. The summed E-state index contributed by atoms with van der Waals surface area (Å²) in [6.07, 6.45) is 4.42. The lowest BCUT2D eigenvalue weighted by Crippen LogP contribution is -2.53. The van der Waals surface area contributed by atoms with Crippen LogP contribution < -0.4 is 15.4 Å². The van der Waals surface area contributed by atoms with Crippen LogP contribution in [-0.2, 0) is 32.0 Å². The van der Waals surface area contributed by atoms with Crippen molar-refractivity contribution in [2.24, 2.45) is 0 Å². The van der Waals surface area contributed by atoms with Gasteiger partial charge in [0.05, 0.1) is 12.7 Å². The van der Waals surface area contributed by atoms with Crippen molar-refractivity contribution in [3.05, 3.63) is 113 Å². The highest BCUT2D eigenvalue weighted by Gasteiger charge is 2.29. The maximum absolute atomic E-state index is 13.6. The van der Waals surface area contributed by atoms with Gasteiger partial charge in [-0.25, -0.2) is 4.79 Å². The third kappa shape index (κ3) is 9.44. The number of rotatable bonds is 6. The fraction of sp³-hybridized carbons (Fsp3) is 0.294. The number of esters is 1. The molecule has 1 aliphatic rings. The molecule has 44 heavy (non-hydrogen) atoms. The number of methoxy groups -OCH3 is 1. The first-order valence-corrected chi connectivity index (χ1v) is 14.8. The second-order valence-corrected chi connectivity index (χ2v) is 10.8. The molecular formula is C34H36ClN3O6. The lowest BCUT2D eigenvalue weighted by atomic mass is 10.0. The molecule has 0 spiro atoms. The summed E-state index contributed by atoms with van der Waals surface area (Å²) >= 11 is 6.21. The maximum Gasteiger partial charge on any atom is 0.328 e. The van der Waals surface area contributed by atoms with Crippen molar-refractivity contribution < 1.29 is 28.7 Å². The van der Waals surface area contributed by atoms with E-state index in [9.17, 15) is 19.2 Å². The van der Waals surface area contributed by atoms with E-state index in [1.54, 1.807) is 17.0 Å². The van der Waals surface area contributed by atoms with Crippen LogP contribution in [0.15, 0.2) is 91.0 Å². The van der Waals surface area contributed by atoms with Crippen LogP contribution in [0.5, 0.6) is 5.75 Å². The van der Waals surface area contributed by atoms with Gasteiger partial charge in [0.2, 0.25) is 11.8 Å². The van der Waals surface area contributed by atoms with Crippen molar-refractivity contribution in [2.45, 2.75) is 37.8 Å². The first-order valence-electron chi connectivity index (χ1n) is 14.5. The second-order valence-electron chi connectivity index (χ2n) is 10.3. The summed E-state index contributed by atoms with van der Waals surface area (Å²) in [7, 11) is 1.22. The summed E-state index contributed by atoms with van der Waals surface area (Å²) in [6.45, 7) is 0.894. The Morgan fingerprint density at radius 1 is 0.955 bits per heavy atom. The summed E-state index contributed by atoms with van der Waals surface area (Å²) in [4.78, 5) is 54.9. The molecule has 9 nitrogen and oxygen atoms in total. The Bertz CT molecular complexity index is 1460. The number of halogens is 1. The summed E-state index contributed by atoms with van der Waals surface area (Å²) in [5.74, 6) is -1.75. The monoisotopic (exact) mass is 617 g/mol. The zero-order valence-electron chi connectivity index (χ0n) is 24.5. The van der Waals surface area contributed by atoms with Crippen LogP contribution in [0.3, 0.4) is 0 Å². The molecule has 0 fully saturated rings. The van der Waals surface area contributed by atoms with E-state index < -0.39 is 29.9 Å². The summed E-state index contributed by atoms with van der Waals surface area (Å²) in [5.41, 5.74) is 2.09. The molecule has 2 N–H and O–H groups in total. The van der Waals surface area contributed by atoms with Crippen LogP contribution >= 0.6 is 11.6 Å². The van der Waals surface area contributed by atoms with E-state index >= 15 is 0 Å². The topological polar surface area (TPSA) is 114 Å². The third-order valence-corrected chi connectivity index (χ3v) is 7.47. The van der Waals surface area contributed by atoms with Crippen molar-refractivity contribution in [2.75, 3.05) is 26.8 Å². The van der Waals surface area contributed by atoms with Gasteiger partial charge in [-0.2, -0.15) is 0 Å². The SMILES string of the molecule is COC(=O)C1CCC(=O)N(CCc2ccccc2)C/C=C\COc2cc(Cl)ccc2C(=O)NC(Cc2ccccc2)C(=O)N1. The normalized spacial score (nSPS) is 19.0. The van der Waals surface area contributed by atoms with Gasteiger partial charge in [-0.05, 0) is 48.2 Å². The van der Waals surface area contributed by atoms with E-state index in [0.29, 0.717) is 24.5 Å². The van der Waals surface area contributed by atoms with Gasteiger partial charge < -0.3 is 25.0 Å². The van der Waals surface area contributed by atoms with Gasteiger partial charge in [0, 0.05) is 31.0 Å². The molecule has 0 aliphatic carbocycles. The van der Waals surface area contributed by atoms with Gasteiger partial charge in [0.15, 0.2) is 0 Å². The van der Waals surface area contributed by atoms with Crippen molar-refractivity contribution >= 4 is 35.3 Å². The van der Waals surface area contributed by atoms with Crippen molar-refractivity contribution in [1.29, 1.82) is 0 Å². The molecule has 0 radical (unpaired) electrons. The minimum atomic E-state index is -1.09. The summed E-state index contributed by atoms with van der Waals surface area (Å²) in [5, 5.41) is 5.88. The number of ether oxygens (including phenoxy) is 2. The van der Waals surface area contributed by atoms with Crippen molar-refractivity contribution in [3.63, 3.8) is 0 Å². The second kappa shape index (κ2) is 16.3. The van der Waals surface area contributed by atoms with Gasteiger partial charge in [-0.15, -0.1) is 0 Å². The molecule has 0 saturated carbocycles. The van der Waals surface area contributed by atoms with Crippen LogP contribution in [0.1, 0.15) is 34.3 Å². The predicted molar refractivity (Wildman–Crippen MR) is 167 cm³/mol. The van der Waals surface area contributed by atoms with Crippen LogP contribution in [-0.4, -0.2) is 67.5 Å². The summed E-state index contributed by atoms with van der Waals surface area (Å²) in [6, 6.07) is 21.5. The molecule has 2 unspecified atom stereocenters. The summed E-state index contributed by atoms with van der Waals surface area (Å²) < 4.78 is 10.9. The molecule has 230 valence electrons. The van der Waals surface area contributed by atoms with Crippen molar-refractivity contribution in [3.8, 4) is 5.75 Å². The largest absolute Gasteiger partial charge is 0.489 e. The van der Waals surface area contributed by atoms with E-state index in [2.05, 4.69) is 10.6 Å². The van der Waals surface area contributed by atoms with Crippen molar-refractivity contribution in [1.82, 2.24) is 15.5 Å². The fourth-order valence-electron chi connectivity index (χ4n) is 4.82. The number of amides is 3. The Balaban J connectivity index is 1.63. The van der Waals surface area contributed by atoms with E-state index in [0.717, 1.165) is 11.1 Å². The van der Waals surface area contributed by atoms with Gasteiger partial charge >= 0.3 is 5.97 Å². The first kappa shape index (κ1) is 32.3. The molecule has 0 saturated heterocycles. The lowest BCUT2D eigenvalue weighted by molar-refractivity contribution is -0.145. The average molecular weight is 618 g/mol. The van der Waals surface area contributed by atoms with Crippen LogP contribution in [0.4, 0.5) is 0 Å². The third-order valence-electron chi connectivity index (χ3n) is 7.24. The number of nitrogens with zero attached hydrogens (tertiary/aromatic N) is 1. The molecule has 1 aliphatic heterocycles. The Morgan fingerprint density at radius 3 is 2.36 bits per heavy atom. The minimum absolute atomic E-state index is 0.00116. The average Bonchev–Trinajstić information content (AvgIpc) is 3.04. The van der Waals surface area contributed by atoms with Gasteiger partial charge in [-0.1, -0.05) is 78.3 Å². The Kier molecular flexibility index (Phi) is 11.9. The Morgan fingerprint density at radius 2 is 1.66 bits per heavy atom. The highest BCUT2D eigenvalue weighted by atomic mass is 35.5. The number of hydrogen-bond acceptors (Lipinski definition) is 6. The number of fused-ring (bicyclic) bond motifs is 1. The molecule has 0 aromatic heterocycles. The minimum Gasteiger partial charge on any atom is -0.489 e. The molecule has 2 atom stereocenters. The molecule has 3 aromatic rings. The molecule has 4 rings (SSSR count). The quantitative estimate of drug-likeness (QED) is 0.318. The smallest absolute Gasteiger partial charge is 0.328 e. The standard InChI is InChI=1S/C34H36ClN3O6/c1-43-34(42)28-16-17-31(39)38(20-18-24-10-4-2-5-11-24)19-8-9-21-44-30-23-26(35)14-15-27(30)32(40)37-29(33(41)36-28)22-25-12-6-3-7-13-25/h2-15,23,28-29H,16-22H2,1H3,(H,36,41)(H,37,40)/b9-8-. The fourth-order valence-corrected chi connectivity index (χ4v) is 4.98.